The van der Waals surface area contributed by atoms with Crippen LogP contribution in [0.2, 0.25) is 0 Å². The molecule has 0 amide bonds. The van der Waals surface area contributed by atoms with Crippen LogP contribution in [0.15, 0.2) is 116 Å². The van der Waals surface area contributed by atoms with E-state index in [1.165, 1.54) is 66.0 Å². The molecule has 3 aromatic heterocycles. The van der Waals surface area contributed by atoms with Crippen LogP contribution < -0.4 is 0 Å². The molecule has 1 atom stereocenters. The molecule has 4 nitrogen and oxygen atoms in total. The zero-order chi connectivity index (χ0) is 27.4. The van der Waals surface area contributed by atoms with Gasteiger partial charge in [0.2, 0.25) is 5.95 Å². The molecule has 0 saturated carbocycles. The van der Waals surface area contributed by atoms with E-state index < -0.39 is 0 Å². The standard InChI is InChI=1S/C38H24N4/c1-2-10-24-22(8-1)15-16-31-33-20-32-27-13-4-3-11-25(27)28-17-18-30(32)34(29-14-6-5-12-26(28)29)36(33)42(35(24)31)38-40-21-23-9-7-19-39-37(23)41-38/h1-16,19-21,28H,17-18H2. The lowest BCUT2D eigenvalue weighted by atomic mass is 9.80. The molecular weight excluding hydrogens is 512 g/mol. The molecule has 196 valence electrons. The predicted molar refractivity (Wildman–Crippen MR) is 170 cm³/mol. The number of pyridine rings is 1. The van der Waals surface area contributed by atoms with Gasteiger partial charge in [-0.2, -0.15) is 4.98 Å². The lowest BCUT2D eigenvalue weighted by molar-refractivity contribution is 0.736. The minimum absolute atomic E-state index is 0.358. The first-order valence-electron chi connectivity index (χ1n) is 14.6. The molecule has 2 aliphatic carbocycles. The molecule has 2 bridgehead atoms. The van der Waals surface area contributed by atoms with E-state index in [0.29, 0.717) is 17.5 Å². The Hall–Kier alpha value is -5.35. The minimum Gasteiger partial charge on any atom is -0.277 e. The van der Waals surface area contributed by atoms with Gasteiger partial charge in [-0.05, 0) is 69.8 Å². The molecule has 1 unspecified atom stereocenters. The highest BCUT2D eigenvalue weighted by molar-refractivity contribution is 6.22. The molecule has 10 rings (SSSR count). The monoisotopic (exact) mass is 536 g/mol. The van der Waals surface area contributed by atoms with Gasteiger partial charge in [-0.25, -0.2) is 9.97 Å². The number of benzene rings is 5. The van der Waals surface area contributed by atoms with Gasteiger partial charge >= 0.3 is 0 Å². The number of rotatable bonds is 1. The molecule has 0 aliphatic heterocycles. The van der Waals surface area contributed by atoms with Gasteiger partial charge in [-0.3, -0.25) is 4.57 Å². The number of hydrogen-bond donors (Lipinski definition) is 0. The summed E-state index contributed by atoms with van der Waals surface area (Å²) >= 11 is 0. The van der Waals surface area contributed by atoms with E-state index in [0.717, 1.165) is 23.7 Å². The van der Waals surface area contributed by atoms with Crippen LogP contribution in [-0.4, -0.2) is 19.5 Å². The van der Waals surface area contributed by atoms with Gasteiger partial charge in [0.25, 0.3) is 0 Å². The van der Waals surface area contributed by atoms with Crippen molar-refractivity contribution in [2.24, 2.45) is 0 Å². The highest BCUT2D eigenvalue weighted by Crippen LogP contribution is 2.54. The number of nitrogens with zero attached hydrogens (tertiary/aromatic N) is 4. The first-order chi connectivity index (χ1) is 20.8. The van der Waals surface area contributed by atoms with Crippen LogP contribution in [0.25, 0.3) is 71.8 Å². The summed E-state index contributed by atoms with van der Waals surface area (Å²) in [5.41, 5.74) is 12.7. The van der Waals surface area contributed by atoms with Crippen LogP contribution in [0.3, 0.4) is 0 Å². The van der Waals surface area contributed by atoms with Gasteiger partial charge in [0.05, 0.1) is 11.0 Å². The van der Waals surface area contributed by atoms with Crippen molar-refractivity contribution in [2.75, 3.05) is 0 Å². The Kier molecular flexibility index (Phi) is 4.32. The number of fused-ring (bicyclic) bond motifs is 15. The second kappa shape index (κ2) is 8.11. The lowest BCUT2D eigenvalue weighted by Crippen LogP contribution is -2.06. The van der Waals surface area contributed by atoms with Crippen molar-refractivity contribution in [2.45, 2.75) is 18.8 Å². The van der Waals surface area contributed by atoms with Gasteiger partial charge in [-0.1, -0.05) is 84.9 Å². The second-order valence-corrected chi connectivity index (χ2v) is 11.5. The first-order valence-corrected chi connectivity index (χ1v) is 14.6. The van der Waals surface area contributed by atoms with Gasteiger partial charge in [-0.15, -0.1) is 0 Å². The van der Waals surface area contributed by atoms with Crippen molar-refractivity contribution in [3.05, 3.63) is 132 Å². The highest BCUT2D eigenvalue weighted by atomic mass is 15.2. The van der Waals surface area contributed by atoms with Gasteiger partial charge in [0.1, 0.15) is 0 Å². The van der Waals surface area contributed by atoms with Crippen molar-refractivity contribution in [1.82, 2.24) is 19.5 Å². The van der Waals surface area contributed by atoms with Gasteiger partial charge in [0, 0.05) is 45.4 Å². The number of hydrogen-bond acceptors (Lipinski definition) is 3. The van der Waals surface area contributed by atoms with Crippen molar-refractivity contribution in [1.29, 1.82) is 0 Å². The predicted octanol–water partition coefficient (Wildman–Crippen LogP) is 9.00. The molecule has 0 spiro atoms. The molecule has 42 heavy (non-hydrogen) atoms. The van der Waals surface area contributed by atoms with Crippen molar-refractivity contribution < 1.29 is 0 Å². The van der Waals surface area contributed by atoms with Crippen molar-refractivity contribution in [3.63, 3.8) is 0 Å². The Bertz CT molecular complexity index is 2430. The zero-order valence-corrected chi connectivity index (χ0v) is 22.8. The molecular formula is C38H24N4. The maximum absolute atomic E-state index is 5.08. The van der Waals surface area contributed by atoms with E-state index in [-0.39, 0.29) is 0 Å². The average Bonchev–Trinajstić information content (AvgIpc) is 3.17. The van der Waals surface area contributed by atoms with Crippen molar-refractivity contribution in [3.8, 4) is 28.2 Å². The molecule has 0 saturated heterocycles. The van der Waals surface area contributed by atoms with Crippen LogP contribution in [0.4, 0.5) is 0 Å². The van der Waals surface area contributed by atoms with Gasteiger partial charge < -0.3 is 0 Å². The molecule has 0 N–H and O–H groups in total. The van der Waals surface area contributed by atoms with Crippen LogP contribution >= 0.6 is 0 Å². The fraction of sp³-hybridized carbons (Fsp3) is 0.0789. The minimum atomic E-state index is 0.358. The number of aromatic nitrogens is 4. The van der Waals surface area contributed by atoms with Crippen molar-refractivity contribution >= 4 is 43.6 Å². The summed E-state index contributed by atoms with van der Waals surface area (Å²) in [5.74, 6) is 1.01. The summed E-state index contributed by atoms with van der Waals surface area (Å²) in [5, 5.41) is 5.79. The third-order valence-corrected chi connectivity index (χ3v) is 9.50. The largest absolute Gasteiger partial charge is 0.277 e. The maximum Gasteiger partial charge on any atom is 0.236 e. The van der Waals surface area contributed by atoms with E-state index in [1.54, 1.807) is 6.20 Å². The average molecular weight is 537 g/mol. The van der Waals surface area contributed by atoms with Crippen LogP contribution in [0, 0.1) is 0 Å². The molecule has 3 heterocycles. The summed E-state index contributed by atoms with van der Waals surface area (Å²) in [6.45, 7) is 0. The lowest BCUT2D eigenvalue weighted by Gasteiger charge is -2.24. The summed E-state index contributed by atoms with van der Waals surface area (Å²) in [4.78, 5) is 14.7. The Morgan fingerprint density at radius 2 is 1.40 bits per heavy atom. The van der Waals surface area contributed by atoms with E-state index in [4.69, 9.17) is 9.97 Å². The van der Waals surface area contributed by atoms with E-state index in [2.05, 4.69) is 101 Å². The van der Waals surface area contributed by atoms with E-state index >= 15 is 0 Å². The first kappa shape index (κ1) is 22.4. The highest BCUT2D eigenvalue weighted by Gasteiger charge is 2.34. The molecule has 0 radical (unpaired) electrons. The third-order valence-electron chi connectivity index (χ3n) is 9.50. The van der Waals surface area contributed by atoms with Crippen LogP contribution in [0.5, 0.6) is 0 Å². The summed E-state index contributed by atoms with van der Waals surface area (Å²) in [6.07, 6.45) is 5.83. The zero-order valence-electron chi connectivity index (χ0n) is 22.8. The Morgan fingerprint density at radius 1 is 0.619 bits per heavy atom. The van der Waals surface area contributed by atoms with Crippen LogP contribution in [0.1, 0.15) is 29.0 Å². The molecule has 8 aromatic rings. The normalized spacial score (nSPS) is 15.2. The SMILES string of the molecule is c1ccc2c(c1)-c1cc3c4ccc5ccccc5c4n(-c4ncc5cccnc5n4)c3c3c1CCC2c1ccccc1-3. The second-order valence-electron chi connectivity index (χ2n) is 11.5. The Balaban J connectivity index is 1.49. The fourth-order valence-electron chi connectivity index (χ4n) is 7.77. The van der Waals surface area contributed by atoms with E-state index in [9.17, 15) is 0 Å². The Labute approximate surface area is 241 Å². The molecule has 2 aliphatic rings. The fourth-order valence-corrected chi connectivity index (χ4v) is 7.77. The summed E-state index contributed by atoms with van der Waals surface area (Å²) in [7, 11) is 0. The van der Waals surface area contributed by atoms with Crippen LogP contribution in [-0.2, 0) is 6.42 Å². The quantitative estimate of drug-likeness (QED) is 0.210. The smallest absolute Gasteiger partial charge is 0.236 e. The summed E-state index contributed by atoms with van der Waals surface area (Å²) < 4.78 is 2.33. The molecule has 4 heteroatoms. The molecule has 5 aromatic carbocycles. The Morgan fingerprint density at radius 3 is 2.33 bits per heavy atom. The molecule has 0 fully saturated rings. The van der Waals surface area contributed by atoms with E-state index in [1.807, 2.05) is 18.3 Å². The topological polar surface area (TPSA) is 43.6 Å². The van der Waals surface area contributed by atoms with Gasteiger partial charge in [0.15, 0.2) is 5.65 Å². The summed E-state index contributed by atoms with van der Waals surface area (Å²) in [6, 6.07) is 37.7. The maximum atomic E-state index is 5.08. The third kappa shape index (κ3) is 2.83.